The van der Waals surface area contributed by atoms with Gasteiger partial charge in [-0.05, 0) is 83.6 Å². The minimum Gasteiger partial charge on any atom is -0.497 e. The second-order valence-electron chi connectivity index (χ2n) is 15.4. The first-order valence-electron chi connectivity index (χ1n) is 20.6. The molecule has 8 heteroatoms. The first-order chi connectivity index (χ1) is 30.7. The van der Waals surface area contributed by atoms with Gasteiger partial charge >= 0.3 is 0 Å². The second kappa shape index (κ2) is 14.7. The van der Waals surface area contributed by atoms with Gasteiger partial charge in [0.25, 0.3) is 0 Å². The second-order valence-corrected chi connectivity index (χ2v) is 17.5. The highest BCUT2D eigenvalue weighted by Gasteiger charge is 2.44. The zero-order valence-electron chi connectivity index (χ0n) is 33.8. The van der Waals surface area contributed by atoms with Crippen molar-refractivity contribution < 1.29 is 9.47 Å². The summed E-state index contributed by atoms with van der Waals surface area (Å²) in [4.78, 5) is 10.7. The van der Waals surface area contributed by atoms with E-state index in [0.29, 0.717) is 0 Å². The number of ether oxygens (including phenoxy) is 2. The molecule has 0 radical (unpaired) electrons. The SMILES string of the molecule is COc1ccc(-n2c(-c3cccc4c(C5=[N+](c6ccc(OC)cc6)c6ccccc6C5c5nc6ccccc6s5)cccc34)c(-c3nc4ccccc4s3)c3ccccc32)cc1. The lowest BCUT2D eigenvalue weighted by molar-refractivity contribution is 0.414. The molecule has 0 aliphatic carbocycles. The number of methoxy groups -OCH3 is 2. The minimum atomic E-state index is -0.121. The molecule has 0 spiro atoms. The van der Waals surface area contributed by atoms with Crippen LogP contribution in [0.2, 0.25) is 0 Å². The van der Waals surface area contributed by atoms with Crippen LogP contribution < -0.4 is 14.0 Å². The molecule has 0 bridgehead atoms. The lowest BCUT2D eigenvalue weighted by Gasteiger charge is -2.17. The zero-order chi connectivity index (χ0) is 41.3. The van der Waals surface area contributed by atoms with Gasteiger partial charge in [0.2, 0.25) is 17.1 Å². The lowest BCUT2D eigenvalue weighted by Crippen LogP contribution is -2.19. The minimum absolute atomic E-state index is 0.121. The number of hydrogen-bond donors (Lipinski definition) is 0. The van der Waals surface area contributed by atoms with E-state index in [1.165, 1.54) is 16.0 Å². The summed E-state index contributed by atoms with van der Waals surface area (Å²) in [7, 11) is 3.42. The summed E-state index contributed by atoms with van der Waals surface area (Å²) >= 11 is 3.51. The van der Waals surface area contributed by atoms with E-state index < -0.39 is 0 Å². The Bertz CT molecular complexity index is 3500. The van der Waals surface area contributed by atoms with Crippen molar-refractivity contribution in [2.75, 3.05) is 14.2 Å². The van der Waals surface area contributed by atoms with Crippen LogP contribution in [0.15, 0.2) is 182 Å². The molecule has 8 aromatic carbocycles. The highest BCUT2D eigenvalue weighted by Crippen LogP contribution is 2.49. The Morgan fingerprint density at radius 2 is 1.13 bits per heavy atom. The van der Waals surface area contributed by atoms with Crippen LogP contribution in [0.25, 0.3) is 69.6 Å². The Kier molecular flexibility index (Phi) is 8.62. The molecule has 6 nitrogen and oxygen atoms in total. The fourth-order valence-corrected chi connectivity index (χ4v) is 11.4. The molecule has 0 saturated carbocycles. The van der Waals surface area contributed by atoms with Crippen LogP contribution in [0.1, 0.15) is 22.1 Å². The quantitative estimate of drug-likeness (QED) is 0.143. The third-order valence-electron chi connectivity index (χ3n) is 12.1. The van der Waals surface area contributed by atoms with Crippen LogP contribution in [0.3, 0.4) is 0 Å². The molecule has 3 aromatic heterocycles. The smallest absolute Gasteiger partial charge is 0.215 e. The van der Waals surface area contributed by atoms with Crippen molar-refractivity contribution in [3.63, 3.8) is 0 Å². The highest BCUT2D eigenvalue weighted by molar-refractivity contribution is 7.21. The molecule has 1 unspecified atom stereocenters. The average molecular weight is 838 g/mol. The third-order valence-corrected chi connectivity index (χ3v) is 14.2. The number of fused-ring (bicyclic) bond motifs is 5. The first-order valence-corrected chi connectivity index (χ1v) is 22.2. The topological polar surface area (TPSA) is 52.2 Å². The molecule has 4 heterocycles. The van der Waals surface area contributed by atoms with E-state index in [1.54, 1.807) is 36.9 Å². The molecule has 1 aliphatic heterocycles. The highest BCUT2D eigenvalue weighted by atomic mass is 32.1. The summed E-state index contributed by atoms with van der Waals surface area (Å²) in [5.74, 6) is 1.51. The van der Waals surface area contributed by atoms with Crippen LogP contribution in [-0.2, 0) is 0 Å². The van der Waals surface area contributed by atoms with Gasteiger partial charge in [-0.3, -0.25) is 0 Å². The average Bonchev–Trinajstić information content (AvgIpc) is 4.11. The molecule has 1 atom stereocenters. The summed E-state index contributed by atoms with van der Waals surface area (Å²) in [6.07, 6.45) is 0. The maximum absolute atomic E-state index is 5.64. The largest absolute Gasteiger partial charge is 0.497 e. The molecular weight excluding hydrogens is 801 g/mol. The van der Waals surface area contributed by atoms with Crippen molar-refractivity contribution in [2.45, 2.75) is 5.92 Å². The zero-order valence-corrected chi connectivity index (χ0v) is 35.5. The molecule has 62 heavy (non-hydrogen) atoms. The van der Waals surface area contributed by atoms with Crippen LogP contribution in [0.4, 0.5) is 11.4 Å². The van der Waals surface area contributed by atoms with Crippen molar-refractivity contribution in [1.29, 1.82) is 0 Å². The van der Waals surface area contributed by atoms with Crippen LogP contribution >= 0.6 is 22.7 Å². The normalized spacial score (nSPS) is 13.7. The number of benzene rings is 8. The monoisotopic (exact) mass is 837 g/mol. The molecule has 0 saturated heterocycles. The summed E-state index contributed by atoms with van der Waals surface area (Å²) in [6.45, 7) is 0. The summed E-state index contributed by atoms with van der Waals surface area (Å²) in [6, 6.07) is 64.7. The van der Waals surface area contributed by atoms with Crippen LogP contribution in [0.5, 0.6) is 11.5 Å². The molecule has 1 aliphatic rings. The van der Waals surface area contributed by atoms with Gasteiger partial charge in [0.05, 0.1) is 51.4 Å². The van der Waals surface area contributed by atoms with Gasteiger partial charge in [-0.25, -0.2) is 9.97 Å². The van der Waals surface area contributed by atoms with E-state index in [1.807, 2.05) is 24.3 Å². The van der Waals surface area contributed by atoms with E-state index >= 15 is 0 Å². The first kappa shape index (κ1) is 36.5. The molecule has 12 rings (SSSR count). The Hall–Kier alpha value is -7.39. The lowest BCUT2D eigenvalue weighted by atomic mass is 9.88. The summed E-state index contributed by atoms with van der Waals surface area (Å²) in [5.41, 5.74) is 13.2. The number of para-hydroxylation sites is 4. The van der Waals surface area contributed by atoms with E-state index in [0.717, 1.165) is 98.4 Å². The van der Waals surface area contributed by atoms with Gasteiger partial charge < -0.3 is 14.0 Å². The van der Waals surface area contributed by atoms with E-state index in [2.05, 4.69) is 167 Å². The van der Waals surface area contributed by atoms with Crippen molar-refractivity contribution >= 4 is 81.9 Å². The fraction of sp³-hybridized carbons (Fsp3) is 0.0556. The maximum atomic E-state index is 5.64. The number of rotatable bonds is 8. The van der Waals surface area contributed by atoms with Gasteiger partial charge in [0.15, 0.2) is 0 Å². The van der Waals surface area contributed by atoms with Crippen LogP contribution in [-0.4, -0.2) is 34.5 Å². The Labute approximate surface area is 365 Å². The number of thiazole rings is 2. The molecular formula is C54H37N4O2S2+. The predicted molar refractivity (Wildman–Crippen MR) is 258 cm³/mol. The van der Waals surface area contributed by atoms with E-state index in [-0.39, 0.29) is 5.92 Å². The molecule has 296 valence electrons. The van der Waals surface area contributed by atoms with Crippen molar-refractivity contribution in [3.8, 4) is 39.0 Å². The van der Waals surface area contributed by atoms with Crippen LogP contribution in [0, 0.1) is 0 Å². The molecule has 0 amide bonds. The Morgan fingerprint density at radius 1 is 0.532 bits per heavy atom. The molecule has 11 aromatic rings. The fourth-order valence-electron chi connectivity index (χ4n) is 9.32. The number of nitrogens with zero attached hydrogens (tertiary/aromatic N) is 4. The van der Waals surface area contributed by atoms with Crippen molar-refractivity contribution in [2.24, 2.45) is 0 Å². The summed E-state index contributed by atoms with van der Waals surface area (Å²) < 4.78 is 18.5. The molecule has 0 fully saturated rings. The molecule has 0 N–H and O–H groups in total. The Morgan fingerprint density at radius 3 is 1.85 bits per heavy atom. The maximum Gasteiger partial charge on any atom is 0.215 e. The van der Waals surface area contributed by atoms with Crippen molar-refractivity contribution in [1.82, 2.24) is 19.1 Å². The standard InChI is InChI=1S/C54H37N4O2S2/c1-59-35-29-25-33(26-30-35)57-45-21-7-3-13-41(45)49(53-55-43-19-5-9-23-47(43)61-53)51(57)39-17-11-16-38-37(39)15-12-18-40(38)52-50(54-56-44-20-6-10-24-48(44)62-54)42-14-4-8-22-46(42)58(52)34-27-31-36(60-2)32-28-34/h3-32,49H,1-2H3/q+1. The van der Waals surface area contributed by atoms with Gasteiger partial charge in [0.1, 0.15) is 27.4 Å². The van der Waals surface area contributed by atoms with E-state index in [9.17, 15) is 0 Å². The van der Waals surface area contributed by atoms with Gasteiger partial charge in [-0.2, -0.15) is 4.58 Å². The van der Waals surface area contributed by atoms with Gasteiger partial charge in [-0.1, -0.05) is 91.0 Å². The number of hydrogen-bond acceptors (Lipinski definition) is 6. The van der Waals surface area contributed by atoms with Gasteiger partial charge in [0, 0.05) is 46.0 Å². The van der Waals surface area contributed by atoms with E-state index in [4.69, 9.17) is 19.4 Å². The van der Waals surface area contributed by atoms with Gasteiger partial charge in [-0.15, -0.1) is 22.7 Å². The Balaban J connectivity index is 1.17. The van der Waals surface area contributed by atoms with Crippen molar-refractivity contribution in [3.05, 3.63) is 198 Å². The summed E-state index contributed by atoms with van der Waals surface area (Å²) in [5, 5.41) is 5.49. The number of aromatic nitrogens is 3. The third kappa shape index (κ3) is 5.71. The predicted octanol–water partition coefficient (Wildman–Crippen LogP) is 13.8.